The van der Waals surface area contributed by atoms with Gasteiger partial charge in [0.25, 0.3) is 0 Å². The van der Waals surface area contributed by atoms with Gasteiger partial charge < -0.3 is 59.7 Å². The number of fused-ring (bicyclic) bond motifs is 1. The molecule has 3 unspecified atom stereocenters. The fourth-order valence-electron chi connectivity index (χ4n) is 4.96. The second-order valence-electron chi connectivity index (χ2n) is 10.4. The monoisotopic (exact) mass is 841 g/mol. The minimum absolute atomic E-state index is 0. The molecule has 9 atom stereocenters. The quantitative estimate of drug-likeness (QED) is 0.0954. The van der Waals surface area contributed by atoms with E-state index in [1.54, 1.807) is 6.92 Å². The number of carbonyl (C=O) groups is 1. The van der Waals surface area contributed by atoms with Gasteiger partial charge in [0.1, 0.15) is 36.3 Å². The van der Waals surface area contributed by atoms with E-state index in [0.29, 0.717) is 22.6 Å². The molecular formula is C24H31N6O12P2W-. The molecule has 2 fully saturated rings. The first-order valence-corrected chi connectivity index (χ1v) is 16.6. The number of benzene rings is 1. The van der Waals surface area contributed by atoms with Gasteiger partial charge in [0.15, 0.2) is 17.4 Å². The number of nitrogen functional groups attached to an aromatic ring is 1. The Labute approximate surface area is 270 Å². The van der Waals surface area contributed by atoms with E-state index in [1.165, 1.54) is 41.5 Å². The maximum Gasteiger partial charge on any atom is 0.340 e. The Balaban J connectivity index is 0.00000461. The molecule has 45 heavy (non-hydrogen) atoms. The molecule has 2 aromatic heterocycles. The van der Waals surface area contributed by atoms with E-state index < -0.39 is 83.1 Å². The van der Waals surface area contributed by atoms with Crippen molar-refractivity contribution >= 4 is 38.1 Å². The molecule has 0 bridgehead atoms. The van der Waals surface area contributed by atoms with E-state index in [1.807, 2.05) is 0 Å². The van der Waals surface area contributed by atoms with Crippen LogP contribution in [0, 0.1) is 5.92 Å². The molecule has 9 N–H and O–H groups in total. The fourth-order valence-corrected chi connectivity index (χ4v) is 8.18. The number of nitrogens with two attached hydrogens (primary N) is 2. The number of carbonyl (C=O) groups excluding carboxylic acids is 1. The van der Waals surface area contributed by atoms with Crippen LogP contribution in [0.4, 0.5) is 5.82 Å². The van der Waals surface area contributed by atoms with Crippen LogP contribution < -0.4 is 11.5 Å². The van der Waals surface area contributed by atoms with Gasteiger partial charge in [-0.05, 0) is 23.8 Å². The van der Waals surface area contributed by atoms with Gasteiger partial charge in [-0.1, -0.05) is 12.1 Å². The Hall–Kier alpha value is -2.17. The van der Waals surface area contributed by atoms with Gasteiger partial charge in [-0.15, -0.1) is 0 Å². The van der Waals surface area contributed by atoms with Gasteiger partial charge in [-0.2, -0.15) is 6.92 Å². The van der Waals surface area contributed by atoms with Crippen molar-refractivity contribution in [2.24, 2.45) is 5.73 Å². The Kier molecular flexibility index (Phi) is 11.0. The van der Waals surface area contributed by atoms with Crippen LogP contribution >= 0.6 is 15.2 Å². The van der Waals surface area contributed by atoms with E-state index >= 15 is 0 Å². The number of ether oxygens (including phenoxy) is 2. The number of nitrogens with zero attached hydrogens (tertiary/aromatic N) is 4. The fraction of sp³-hybridized carbons (Fsp3) is 0.458. The molecule has 2 aliphatic heterocycles. The van der Waals surface area contributed by atoms with E-state index in [0.717, 1.165) is 0 Å². The second-order valence-corrected chi connectivity index (χ2v) is 14.6. The normalized spacial score (nSPS) is 29.7. The second kappa shape index (κ2) is 13.9. The summed E-state index contributed by atoms with van der Waals surface area (Å²) in [5.41, 5.74) is 12.2. The van der Waals surface area contributed by atoms with Gasteiger partial charge in [0.2, 0.25) is 5.91 Å². The van der Waals surface area contributed by atoms with E-state index in [4.69, 9.17) is 30.0 Å². The van der Waals surface area contributed by atoms with Crippen molar-refractivity contribution in [1.82, 2.24) is 19.5 Å². The van der Waals surface area contributed by atoms with Crippen molar-refractivity contribution in [3.05, 3.63) is 54.0 Å². The largest absolute Gasteiger partial charge is 0.422 e. The van der Waals surface area contributed by atoms with Gasteiger partial charge in [0.05, 0.1) is 25.6 Å². The van der Waals surface area contributed by atoms with Crippen LogP contribution in [0.25, 0.3) is 11.2 Å². The summed E-state index contributed by atoms with van der Waals surface area (Å²) in [4.78, 5) is 44.2. The molecule has 0 radical (unpaired) electrons. The standard InChI is InChI=1S/C24H31N6O12P2.W/c1-11-17(31)14(42-24(11)30-9-29-16-21(25)27-8-28-23(16)30)6-39-43(35,36)10-44(37,38)40-7-15-18(32)19(33)20(41-15)12-3-2-4-13(5-12)22(26)34;/h2-5,8-9,14-15,17-20,24,31-33H,6-7,10H2,1H3,(H2,26,34)(H,35,36)(H,37,38)(H2,25,27,28);/q-1;/t14-,15-,17-,18+,19?,20+,24-;/m1./s1. The summed E-state index contributed by atoms with van der Waals surface area (Å²) in [5.74, 6) is -1.49. The third-order valence-corrected chi connectivity index (χ3v) is 11.2. The number of anilines is 1. The number of rotatable bonds is 11. The molecular weight excluding hydrogens is 810 g/mol. The predicted molar refractivity (Wildman–Crippen MR) is 150 cm³/mol. The van der Waals surface area contributed by atoms with Crippen molar-refractivity contribution in [2.75, 3.05) is 24.9 Å². The third-order valence-electron chi connectivity index (χ3n) is 7.25. The summed E-state index contributed by atoms with van der Waals surface area (Å²) in [6, 6.07) is 5.85. The van der Waals surface area contributed by atoms with E-state index in [9.17, 15) is 39.0 Å². The number of imidazole rings is 1. The number of aliphatic hydroxyl groups is 3. The van der Waals surface area contributed by atoms with Gasteiger partial charge in [0, 0.05) is 32.9 Å². The summed E-state index contributed by atoms with van der Waals surface area (Å²) in [6.45, 7) is 0.232. The van der Waals surface area contributed by atoms with Crippen LogP contribution in [0.3, 0.4) is 0 Å². The number of primary amides is 1. The van der Waals surface area contributed by atoms with Crippen LogP contribution in [0.2, 0.25) is 0 Å². The molecule has 246 valence electrons. The zero-order valence-electron chi connectivity index (χ0n) is 23.5. The summed E-state index contributed by atoms with van der Waals surface area (Å²) in [7, 11) is -9.61. The Morgan fingerprint density at radius 2 is 1.71 bits per heavy atom. The van der Waals surface area contributed by atoms with E-state index in [2.05, 4.69) is 15.0 Å². The van der Waals surface area contributed by atoms with Crippen LogP contribution in [-0.2, 0) is 48.7 Å². The topological polar surface area (TPSA) is 285 Å². The molecule has 0 aliphatic carbocycles. The molecule has 4 heterocycles. The molecule has 18 nitrogen and oxygen atoms in total. The minimum Gasteiger partial charge on any atom is -0.422 e. The molecule has 1 aromatic carbocycles. The molecule has 2 saturated heterocycles. The average Bonchev–Trinajstić information content (AvgIpc) is 3.61. The van der Waals surface area contributed by atoms with Crippen molar-refractivity contribution in [3.63, 3.8) is 0 Å². The van der Waals surface area contributed by atoms with Crippen LogP contribution in [0.1, 0.15) is 35.2 Å². The van der Waals surface area contributed by atoms with Crippen LogP contribution in [-0.4, -0.2) is 100 Å². The summed E-state index contributed by atoms with van der Waals surface area (Å²) in [6.07, 6.45) is -6.08. The van der Waals surface area contributed by atoms with Crippen molar-refractivity contribution in [2.45, 2.75) is 49.8 Å². The first-order chi connectivity index (χ1) is 20.7. The molecule has 1 amide bonds. The average molecular weight is 841 g/mol. The smallest absolute Gasteiger partial charge is 0.340 e. The first kappa shape index (κ1) is 35.7. The number of hydrogen-bond donors (Lipinski definition) is 7. The van der Waals surface area contributed by atoms with Crippen LogP contribution in [0.15, 0.2) is 36.9 Å². The predicted octanol–water partition coefficient (Wildman–Crippen LogP) is -0.419. The maximum absolute atomic E-state index is 12.7. The SMILES string of the molecule is C[C-]1[C@@H](O)[C@@H](COP(=O)(O)CP(=O)(O)OC[C@H]2O[C@@H](c3cccc(C(N)=O)c3)C(O)[C@H]2O)O[C@H]1n1cnc2c(N)ncnc21.[W]. The number of amides is 1. The zero-order valence-corrected chi connectivity index (χ0v) is 28.2. The minimum atomic E-state index is -4.82. The van der Waals surface area contributed by atoms with Crippen LogP contribution in [0.5, 0.6) is 0 Å². The van der Waals surface area contributed by atoms with Crippen molar-refractivity contribution in [1.29, 1.82) is 0 Å². The zero-order chi connectivity index (χ0) is 32.0. The molecule has 2 aliphatic rings. The van der Waals surface area contributed by atoms with Crippen molar-refractivity contribution < 1.29 is 78.6 Å². The summed E-state index contributed by atoms with van der Waals surface area (Å²) in [5, 5.41) is 31.5. The number of aromatic nitrogens is 4. The molecule has 0 spiro atoms. The Bertz CT molecular complexity index is 1630. The van der Waals surface area contributed by atoms with Gasteiger partial charge in [-0.25, -0.2) is 20.9 Å². The van der Waals surface area contributed by atoms with E-state index in [-0.39, 0.29) is 32.4 Å². The molecule has 3 aromatic rings. The van der Waals surface area contributed by atoms with Crippen molar-refractivity contribution in [3.8, 4) is 0 Å². The number of hydrogen-bond acceptors (Lipinski definition) is 14. The molecule has 5 rings (SSSR count). The first-order valence-electron chi connectivity index (χ1n) is 13.1. The Morgan fingerprint density at radius 1 is 1.04 bits per heavy atom. The summed E-state index contributed by atoms with van der Waals surface area (Å²) >= 11 is 0. The van der Waals surface area contributed by atoms with Gasteiger partial charge >= 0.3 is 15.2 Å². The molecule has 0 saturated carbocycles. The third kappa shape index (κ3) is 7.70. The molecule has 21 heteroatoms. The summed E-state index contributed by atoms with van der Waals surface area (Å²) < 4.78 is 48.3. The number of aliphatic hydroxyl groups excluding tert-OH is 3. The van der Waals surface area contributed by atoms with Gasteiger partial charge in [-0.3, -0.25) is 13.9 Å². The Morgan fingerprint density at radius 3 is 2.38 bits per heavy atom. The maximum atomic E-state index is 12.7.